The van der Waals surface area contributed by atoms with Crippen LogP contribution in [0.4, 0.5) is 0 Å². The molecule has 28 heavy (non-hydrogen) atoms. The average molecular weight is 378 g/mol. The molecule has 1 atom stereocenters. The summed E-state index contributed by atoms with van der Waals surface area (Å²) in [5.74, 6) is -0.566. The van der Waals surface area contributed by atoms with Gasteiger partial charge in [-0.3, -0.25) is 4.79 Å². The van der Waals surface area contributed by atoms with Gasteiger partial charge in [-0.15, -0.1) is 0 Å². The van der Waals surface area contributed by atoms with Crippen LogP contribution in [0.15, 0.2) is 48.5 Å². The van der Waals surface area contributed by atoms with Crippen molar-refractivity contribution >= 4 is 11.9 Å². The highest BCUT2D eigenvalue weighted by Crippen LogP contribution is 2.25. The van der Waals surface area contributed by atoms with E-state index >= 15 is 0 Å². The first-order valence-electron chi connectivity index (χ1n) is 9.38. The molecule has 0 radical (unpaired) electrons. The van der Waals surface area contributed by atoms with E-state index < -0.39 is 12.0 Å². The molecule has 0 spiro atoms. The molecule has 0 saturated heterocycles. The van der Waals surface area contributed by atoms with E-state index in [9.17, 15) is 14.9 Å². The summed E-state index contributed by atoms with van der Waals surface area (Å²) < 4.78 is 4.93. The zero-order valence-electron chi connectivity index (χ0n) is 16.8. The lowest BCUT2D eigenvalue weighted by Gasteiger charge is -2.32. The summed E-state index contributed by atoms with van der Waals surface area (Å²) in [6.07, 6.45) is 0.313. The molecule has 5 nitrogen and oxygen atoms in total. The predicted molar refractivity (Wildman–Crippen MR) is 108 cm³/mol. The monoisotopic (exact) mass is 378 g/mol. The molecule has 0 fully saturated rings. The topological polar surface area (TPSA) is 70.4 Å². The Morgan fingerprint density at radius 2 is 1.75 bits per heavy atom. The van der Waals surface area contributed by atoms with Crippen molar-refractivity contribution in [3.05, 3.63) is 59.7 Å². The molecule has 2 aromatic rings. The first-order valence-corrected chi connectivity index (χ1v) is 9.38. The number of carbonyl (C=O) groups excluding carboxylic acids is 2. The van der Waals surface area contributed by atoms with Gasteiger partial charge >= 0.3 is 5.97 Å². The number of nitrogens with zero attached hydrogens (tertiary/aromatic N) is 2. The van der Waals surface area contributed by atoms with Gasteiger partial charge in [0.05, 0.1) is 18.7 Å². The van der Waals surface area contributed by atoms with E-state index in [1.165, 1.54) is 7.11 Å². The molecular formula is C23H26N2O3. The lowest BCUT2D eigenvalue weighted by molar-refractivity contribution is -0.155. The van der Waals surface area contributed by atoms with E-state index in [1.54, 1.807) is 17.9 Å². The molecule has 0 bridgehead atoms. The van der Waals surface area contributed by atoms with Crippen LogP contribution in [0.1, 0.15) is 38.3 Å². The van der Waals surface area contributed by atoms with Crippen LogP contribution in [-0.4, -0.2) is 29.9 Å². The van der Waals surface area contributed by atoms with Crippen molar-refractivity contribution in [3.63, 3.8) is 0 Å². The second-order valence-corrected chi connectivity index (χ2v) is 6.94. The predicted octanol–water partition coefficient (Wildman–Crippen LogP) is 4.16. The van der Waals surface area contributed by atoms with Crippen LogP contribution >= 0.6 is 0 Å². The van der Waals surface area contributed by atoms with E-state index in [0.717, 1.165) is 16.7 Å². The Kier molecular flexibility index (Phi) is 7.34. The van der Waals surface area contributed by atoms with Gasteiger partial charge in [0.1, 0.15) is 6.04 Å². The highest BCUT2D eigenvalue weighted by atomic mass is 16.5. The molecule has 0 heterocycles. The summed E-state index contributed by atoms with van der Waals surface area (Å²) in [6, 6.07) is 16.7. The molecule has 0 aliphatic carbocycles. The SMILES string of the molecule is CCC(=O)N(Cc1ccc(-c2ccccc2C#N)cc1)C(C(=O)OC)C(C)C. The van der Waals surface area contributed by atoms with Crippen molar-refractivity contribution in [1.82, 2.24) is 4.90 Å². The number of hydrogen-bond acceptors (Lipinski definition) is 4. The zero-order valence-corrected chi connectivity index (χ0v) is 16.8. The van der Waals surface area contributed by atoms with E-state index in [4.69, 9.17) is 4.74 Å². The van der Waals surface area contributed by atoms with Crippen LogP contribution in [0.25, 0.3) is 11.1 Å². The van der Waals surface area contributed by atoms with Gasteiger partial charge in [0.25, 0.3) is 0 Å². The molecule has 0 saturated carbocycles. The summed E-state index contributed by atoms with van der Waals surface area (Å²) in [7, 11) is 1.34. The fourth-order valence-corrected chi connectivity index (χ4v) is 3.24. The number of nitriles is 1. The molecule has 2 aromatic carbocycles. The van der Waals surface area contributed by atoms with Gasteiger partial charge in [-0.2, -0.15) is 5.26 Å². The molecule has 0 aromatic heterocycles. The van der Waals surface area contributed by atoms with E-state index in [0.29, 0.717) is 18.5 Å². The number of rotatable bonds is 7. The third-order valence-electron chi connectivity index (χ3n) is 4.70. The van der Waals surface area contributed by atoms with E-state index in [-0.39, 0.29) is 11.8 Å². The van der Waals surface area contributed by atoms with Crippen LogP contribution in [-0.2, 0) is 20.9 Å². The van der Waals surface area contributed by atoms with Crippen LogP contribution in [0.5, 0.6) is 0 Å². The van der Waals surface area contributed by atoms with E-state index in [1.807, 2.05) is 56.3 Å². The summed E-state index contributed by atoms with van der Waals surface area (Å²) in [5.41, 5.74) is 3.33. The molecular weight excluding hydrogens is 352 g/mol. The van der Waals surface area contributed by atoms with Crippen molar-refractivity contribution in [2.45, 2.75) is 39.8 Å². The summed E-state index contributed by atoms with van der Waals surface area (Å²) >= 11 is 0. The van der Waals surface area contributed by atoms with Gasteiger partial charge in [-0.25, -0.2) is 4.79 Å². The number of methoxy groups -OCH3 is 1. The minimum absolute atomic E-state index is 0.0651. The maximum Gasteiger partial charge on any atom is 0.328 e. The second-order valence-electron chi connectivity index (χ2n) is 6.94. The standard InChI is InChI=1S/C23H26N2O3/c1-5-21(26)25(22(16(2)3)23(27)28-4)15-17-10-12-18(13-11-17)20-9-7-6-8-19(20)14-24/h6-13,16,22H,5,15H2,1-4H3. The number of hydrogen-bond donors (Lipinski definition) is 0. The minimum atomic E-state index is -0.628. The minimum Gasteiger partial charge on any atom is -0.467 e. The molecule has 0 aliphatic rings. The highest BCUT2D eigenvalue weighted by molar-refractivity contribution is 5.84. The largest absolute Gasteiger partial charge is 0.467 e. The van der Waals surface area contributed by atoms with Crippen LogP contribution in [0.2, 0.25) is 0 Å². The Morgan fingerprint density at radius 3 is 2.29 bits per heavy atom. The Labute approximate surface area is 166 Å². The highest BCUT2D eigenvalue weighted by Gasteiger charge is 2.32. The molecule has 1 amide bonds. The Bertz CT molecular complexity index is 866. The van der Waals surface area contributed by atoms with Gasteiger partial charge in [0.2, 0.25) is 5.91 Å². The normalized spacial score (nSPS) is 11.6. The van der Waals surface area contributed by atoms with Crippen molar-refractivity contribution in [2.75, 3.05) is 7.11 Å². The van der Waals surface area contributed by atoms with E-state index in [2.05, 4.69) is 6.07 Å². The third kappa shape index (κ3) is 4.77. The number of ether oxygens (including phenoxy) is 1. The molecule has 2 rings (SSSR count). The summed E-state index contributed by atoms with van der Waals surface area (Å²) in [6.45, 7) is 5.91. The van der Waals surface area contributed by atoms with Crippen LogP contribution in [0.3, 0.4) is 0 Å². The quantitative estimate of drug-likeness (QED) is 0.678. The molecule has 0 N–H and O–H groups in total. The fraction of sp³-hybridized carbons (Fsp3) is 0.348. The average Bonchev–Trinajstić information content (AvgIpc) is 2.72. The van der Waals surface area contributed by atoms with Crippen molar-refractivity contribution in [2.24, 2.45) is 5.92 Å². The Morgan fingerprint density at radius 1 is 1.11 bits per heavy atom. The van der Waals surface area contributed by atoms with Gasteiger partial charge in [0.15, 0.2) is 0 Å². The first kappa shape index (κ1) is 21.2. The third-order valence-corrected chi connectivity index (χ3v) is 4.70. The zero-order chi connectivity index (χ0) is 20.7. The molecule has 1 unspecified atom stereocenters. The number of benzene rings is 2. The second kappa shape index (κ2) is 9.70. The van der Waals surface area contributed by atoms with Crippen LogP contribution in [0, 0.1) is 17.2 Å². The lowest BCUT2D eigenvalue weighted by atomic mass is 9.98. The molecule has 5 heteroatoms. The Hall–Kier alpha value is -3.13. The van der Waals surface area contributed by atoms with Crippen molar-refractivity contribution in [1.29, 1.82) is 5.26 Å². The lowest BCUT2D eigenvalue weighted by Crippen LogP contribution is -2.48. The maximum atomic E-state index is 12.5. The maximum absolute atomic E-state index is 12.5. The number of carbonyl (C=O) groups is 2. The van der Waals surface area contributed by atoms with Gasteiger partial charge < -0.3 is 9.64 Å². The summed E-state index contributed by atoms with van der Waals surface area (Å²) in [5, 5.41) is 9.29. The smallest absolute Gasteiger partial charge is 0.328 e. The van der Waals surface area contributed by atoms with Crippen molar-refractivity contribution in [3.8, 4) is 17.2 Å². The van der Waals surface area contributed by atoms with Gasteiger partial charge in [0, 0.05) is 13.0 Å². The molecule has 146 valence electrons. The fourth-order valence-electron chi connectivity index (χ4n) is 3.24. The number of amides is 1. The van der Waals surface area contributed by atoms with Crippen molar-refractivity contribution < 1.29 is 14.3 Å². The Balaban J connectivity index is 2.31. The van der Waals surface area contributed by atoms with Crippen LogP contribution < -0.4 is 0 Å². The first-order chi connectivity index (χ1) is 13.4. The number of esters is 1. The van der Waals surface area contributed by atoms with Gasteiger partial charge in [-0.05, 0) is 28.7 Å². The van der Waals surface area contributed by atoms with Gasteiger partial charge in [-0.1, -0.05) is 63.2 Å². The summed E-state index contributed by atoms with van der Waals surface area (Å²) in [4.78, 5) is 26.4. The molecule has 0 aliphatic heterocycles.